The molecule has 3 aliphatic rings. The lowest BCUT2D eigenvalue weighted by molar-refractivity contribution is -0.0761. The van der Waals surface area contributed by atoms with Crippen molar-refractivity contribution >= 4 is 0 Å². The maximum absolute atomic E-state index is 6.41. The highest BCUT2D eigenvalue weighted by atomic mass is 16.5. The second kappa shape index (κ2) is 4.10. The van der Waals surface area contributed by atoms with Gasteiger partial charge in [-0.2, -0.15) is 0 Å². The molecule has 0 bridgehead atoms. The highest BCUT2D eigenvalue weighted by Gasteiger charge is 2.50. The molecule has 0 aromatic carbocycles. The van der Waals surface area contributed by atoms with E-state index >= 15 is 0 Å². The van der Waals surface area contributed by atoms with Gasteiger partial charge in [0.1, 0.15) is 0 Å². The van der Waals surface area contributed by atoms with E-state index in [4.69, 9.17) is 4.74 Å². The lowest BCUT2D eigenvalue weighted by Crippen LogP contribution is -2.44. The van der Waals surface area contributed by atoms with Crippen molar-refractivity contribution in [3.8, 4) is 0 Å². The summed E-state index contributed by atoms with van der Waals surface area (Å²) in [4.78, 5) is 0. The topological polar surface area (TPSA) is 9.23 Å². The van der Waals surface area contributed by atoms with Crippen LogP contribution in [0.4, 0.5) is 0 Å². The summed E-state index contributed by atoms with van der Waals surface area (Å²) in [5.41, 5.74) is 4.16. The minimum atomic E-state index is 0.187. The zero-order valence-electron chi connectivity index (χ0n) is 12.5. The van der Waals surface area contributed by atoms with Crippen molar-refractivity contribution in [2.24, 2.45) is 11.3 Å². The largest absolute Gasteiger partial charge is 0.371 e. The first kappa shape index (κ1) is 12.7. The smallest absolute Gasteiger partial charge is 0.0752 e. The first-order valence-corrected chi connectivity index (χ1v) is 7.85. The molecule has 3 rings (SSSR count). The third kappa shape index (κ3) is 1.78. The molecule has 0 saturated carbocycles. The van der Waals surface area contributed by atoms with Crippen molar-refractivity contribution in [2.75, 3.05) is 0 Å². The third-order valence-electron chi connectivity index (χ3n) is 5.87. The lowest BCUT2D eigenvalue weighted by Gasteiger charge is -2.49. The normalized spacial score (nSPS) is 43.3. The van der Waals surface area contributed by atoms with Gasteiger partial charge in [-0.1, -0.05) is 31.9 Å². The van der Waals surface area contributed by atoms with E-state index in [9.17, 15) is 0 Å². The van der Waals surface area contributed by atoms with Crippen molar-refractivity contribution in [3.63, 3.8) is 0 Å². The van der Waals surface area contributed by atoms with Crippen molar-refractivity contribution in [3.05, 3.63) is 11.1 Å². The van der Waals surface area contributed by atoms with E-state index in [1.807, 2.05) is 0 Å². The van der Waals surface area contributed by atoms with Gasteiger partial charge in [0.25, 0.3) is 0 Å². The zero-order chi connectivity index (χ0) is 13.0. The summed E-state index contributed by atoms with van der Waals surface area (Å²) in [6, 6.07) is 0. The SMILES string of the molecule is C[C@@H]1C2=C(CCCC2(C)C)CC[C@]12CC[C@H](C)O2. The molecule has 1 spiro atoms. The van der Waals surface area contributed by atoms with Gasteiger partial charge in [-0.25, -0.2) is 0 Å². The number of hydrogen-bond acceptors (Lipinski definition) is 1. The predicted molar refractivity (Wildman–Crippen MR) is 75.6 cm³/mol. The quantitative estimate of drug-likeness (QED) is 0.556. The Labute approximate surface area is 112 Å². The van der Waals surface area contributed by atoms with Crippen LogP contribution in [0.3, 0.4) is 0 Å². The number of hydrogen-bond donors (Lipinski definition) is 0. The van der Waals surface area contributed by atoms with Crippen molar-refractivity contribution in [2.45, 2.75) is 84.3 Å². The monoisotopic (exact) mass is 248 g/mol. The molecule has 3 atom stereocenters. The van der Waals surface area contributed by atoms with Crippen molar-refractivity contribution < 1.29 is 4.74 Å². The maximum Gasteiger partial charge on any atom is 0.0752 e. The van der Waals surface area contributed by atoms with Crippen LogP contribution < -0.4 is 0 Å². The summed E-state index contributed by atoms with van der Waals surface area (Å²) in [6.07, 6.45) is 9.69. The fraction of sp³-hybridized carbons (Fsp3) is 0.882. The molecule has 1 saturated heterocycles. The molecule has 1 fully saturated rings. The van der Waals surface area contributed by atoms with Gasteiger partial charge in [0.2, 0.25) is 0 Å². The Balaban J connectivity index is 1.97. The first-order valence-electron chi connectivity index (χ1n) is 7.85. The summed E-state index contributed by atoms with van der Waals surface area (Å²) < 4.78 is 6.41. The molecule has 0 radical (unpaired) electrons. The van der Waals surface area contributed by atoms with Crippen LogP contribution in [0.25, 0.3) is 0 Å². The van der Waals surface area contributed by atoms with Gasteiger partial charge in [-0.05, 0) is 57.3 Å². The van der Waals surface area contributed by atoms with Gasteiger partial charge in [0.15, 0.2) is 0 Å². The number of allylic oxidation sites excluding steroid dienone is 1. The molecular weight excluding hydrogens is 220 g/mol. The summed E-state index contributed by atoms with van der Waals surface area (Å²) >= 11 is 0. The molecule has 102 valence electrons. The van der Waals surface area contributed by atoms with E-state index in [1.54, 1.807) is 11.1 Å². The summed E-state index contributed by atoms with van der Waals surface area (Å²) in [7, 11) is 0. The van der Waals surface area contributed by atoms with Gasteiger partial charge in [0.05, 0.1) is 11.7 Å². The fourth-order valence-electron chi connectivity index (χ4n) is 4.95. The Morgan fingerprint density at radius 3 is 2.50 bits per heavy atom. The Morgan fingerprint density at radius 1 is 1.06 bits per heavy atom. The van der Waals surface area contributed by atoms with Crippen LogP contribution in [0, 0.1) is 11.3 Å². The van der Waals surface area contributed by atoms with Crippen LogP contribution in [-0.2, 0) is 4.74 Å². The Bertz CT molecular complexity index is 379. The number of rotatable bonds is 0. The molecule has 1 nitrogen and oxygen atoms in total. The highest BCUT2D eigenvalue weighted by molar-refractivity contribution is 5.32. The van der Waals surface area contributed by atoms with Gasteiger partial charge in [-0.15, -0.1) is 0 Å². The average Bonchev–Trinajstić information content (AvgIpc) is 2.66. The Morgan fingerprint density at radius 2 is 1.83 bits per heavy atom. The molecule has 0 unspecified atom stereocenters. The van der Waals surface area contributed by atoms with Crippen LogP contribution in [-0.4, -0.2) is 11.7 Å². The Hall–Kier alpha value is -0.300. The molecule has 2 aliphatic carbocycles. The van der Waals surface area contributed by atoms with Crippen molar-refractivity contribution in [1.29, 1.82) is 0 Å². The zero-order valence-corrected chi connectivity index (χ0v) is 12.5. The molecule has 0 amide bonds. The molecule has 1 heteroatoms. The van der Waals surface area contributed by atoms with E-state index in [0.29, 0.717) is 17.4 Å². The fourth-order valence-corrected chi connectivity index (χ4v) is 4.95. The number of ether oxygens (including phenoxy) is 1. The van der Waals surface area contributed by atoms with E-state index in [0.717, 1.165) is 0 Å². The van der Waals surface area contributed by atoms with E-state index in [1.165, 1.54) is 44.9 Å². The predicted octanol–water partition coefficient (Wildman–Crippen LogP) is 4.86. The average molecular weight is 248 g/mol. The third-order valence-corrected chi connectivity index (χ3v) is 5.87. The molecule has 0 N–H and O–H groups in total. The van der Waals surface area contributed by atoms with E-state index in [-0.39, 0.29) is 5.60 Å². The minimum absolute atomic E-state index is 0.187. The first-order chi connectivity index (χ1) is 8.45. The van der Waals surface area contributed by atoms with Crippen LogP contribution in [0.15, 0.2) is 11.1 Å². The second-order valence-corrected chi connectivity index (χ2v) is 7.51. The van der Waals surface area contributed by atoms with Crippen LogP contribution in [0.5, 0.6) is 0 Å². The molecule has 1 heterocycles. The second-order valence-electron chi connectivity index (χ2n) is 7.51. The van der Waals surface area contributed by atoms with Gasteiger partial charge in [0, 0.05) is 5.92 Å². The summed E-state index contributed by atoms with van der Waals surface area (Å²) in [6.45, 7) is 9.60. The van der Waals surface area contributed by atoms with Crippen LogP contribution in [0.1, 0.15) is 72.6 Å². The summed E-state index contributed by atoms with van der Waals surface area (Å²) in [5, 5.41) is 0. The van der Waals surface area contributed by atoms with Crippen LogP contribution >= 0.6 is 0 Å². The molecule has 0 aromatic heterocycles. The Kier molecular flexibility index (Phi) is 2.89. The maximum atomic E-state index is 6.41. The molecule has 0 aromatic rings. The van der Waals surface area contributed by atoms with Crippen LogP contribution in [0.2, 0.25) is 0 Å². The van der Waals surface area contributed by atoms with Gasteiger partial charge in [-0.3, -0.25) is 0 Å². The van der Waals surface area contributed by atoms with Gasteiger partial charge >= 0.3 is 0 Å². The van der Waals surface area contributed by atoms with Crippen molar-refractivity contribution in [1.82, 2.24) is 0 Å². The molecule has 18 heavy (non-hydrogen) atoms. The van der Waals surface area contributed by atoms with Gasteiger partial charge < -0.3 is 4.74 Å². The van der Waals surface area contributed by atoms with E-state index < -0.39 is 0 Å². The summed E-state index contributed by atoms with van der Waals surface area (Å²) in [5.74, 6) is 0.640. The lowest BCUT2D eigenvalue weighted by atomic mass is 9.59. The highest BCUT2D eigenvalue weighted by Crippen LogP contribution is 2.55. The minimum Gasteiger partial charge on any atom is -0.371 e. The molecule has 1 aliphatic heterocycles. The standard InChI is InChI=1S/C17H28O/c1-12-7-10-17(18-12)11-8-14-6-5-9-16(3,4)15(14)13(17)2/h12-13H,5-11H2,1-4H3/t12-,13+,17+/m0/s1. The van der Waals surface area contributed by atoms with E-state index in [2.05, 4.69) is 27.7 Å². The molecular formula is C17H28O.